The van der Waals surface area contributed by atoms with Gasteiger partial charge in [0.25, 0.3) is 0 Å². The van der Waals surface area contributed by atoms with Crippen LogP contribution in [-0.4, -0.2) is 35.1 Å². The quantitative estimate of drug-likeness (QED) is 0.511. The number of nitrogens with one attached hydrogen (secondary N) is 1. The van der Waals surface area contributed by atoms with E-state index in [1.165, 1.54) is 17.8 Å². The van der Waals surface area contributed by atoms with Gasteiger partial charge in [-0.15, -0.1) is 11.8 Å². The summed E-state index contributed by atoms with van der Waals surface area (Å²) >= 11 is 13.3. The van der Waals surface area contributed by atoms with Gasteiger partial charge in [-0.3, -0.25) is 9.59 Å². The van der Waals surface area contributed by atoms with Crippen LogP contribution in [0.4, 0.5) is 4.39 Å². The average molecular weight is 471 g/mol. The van der Waals surface area contributed by atoms with E-state index in [4.69, 9.17) is 23.2 Å². The van der Waals surface area contributed by atoms with Gasteiger partial charge in [0.2, 0.25) is 11.8 Å². The molecular weight excluding hydrogens is 446 g/mol. The number of carbonyl (C=O) groups is 2. The smallest absolute Gasteiger partial charge is 0.242 e. The minimum absolute atomic E-state index is 0.105. The number of hydrogen-bond donors (Lipinski definition) is 1. The van der Waals surface area contributed by atoms with Gasteiger partial charge in [-0.25, -0.2) is 4.39 Å². The van der Waals surface area contributed by atoms with Crippen molar-refractivity contribution in [3.63, 3.8) is 0 Å². The number of thioether (sulfide) groups is 1. The first-order valence-electron chi connectivity index (χ1n) is 9.69. The van der Waals surface area contributed by atoms with Crippen LogP contribution in [0.1, 0.15) is 31.4 Å². The summed E-state index contributed by atoms with van der Waals surface area (Å²) < 4.78 is 14.0. The Morgan fingerprint density at radius 3 is 2.43 bits per heavy atom. The molecule has 0 aliphatic carbocycles. The molecule has 30 heavy (non-hydrogen) atoms. The third-order valence-electron chi connectivity index (χ3n) is 4.54. The standard InChI is InChI=1S/C22H25Cl2FN2O2S/c1-3-20(22(29)26-4-2)27(12-15-8-10-16(23)11-9-15)21(28)14-30-13-17-18(24)6-5-7-19(17)25/h5-11,20H,3-4,12-14H2,1-2H3,(H,26,29). The Morgan fingerprint density at radius 2 is 1.83 bits per heavy atom. The lowest BCUT2D eigenvalue weighted by atomic mass is 10.1. The molecule has 0 saturated carbocycles. The first-order valence-corrected chi connectivity index (χ1v) is 11.6. The van der Waals surface area contributed by atoms with Crippen LogP contribution in [0.2, 0.25) is 10.0 Å². The van der Waals surface area contributed by atoms with E-state index in [2.05, 4.69) is 5.32 Å². The maximum atomic E-state index is 14.0. The van der Waals surface area contributed by atoms with Gasteiger partial charge in [0.1, 0.15) is 11.9 Å². The van der Waals surface area contributed by atoms with Crippen LogP contribution >= 0.6 is 35.0 Å². The molecule has 0 bridgehead atoms. The van der Waals surface area contributed by atoms with Crippen LogP contribution in [0.3, 0.4) is 0 Å². The average Bonchev–Trinajstić information content (AvgIpc) is 2.71. The monoisotopic (exact) mass is 470 g/mol. The normalized spacial score (nSPS) is 11.8. The minimum Gasteiger partial charge on any atom is -0.355 e. The first kappa shape index (κ1) is 24.5. The lowest BCUT2D eigenvalue weighted by molar-refractivity contribution is -0.139. The number of likely N-dealkylation sites (N-methyl/N-ethyl adjacent to an activating group) is 1. The first-order chi connectivity index (χ1) is 14.4. The number of carbonyl (C=O) groups excluding carboxylic acids is 2. The van der Waals surface area contributed by atoms with Crippen LogP contribution in [0.15, 0.2) is 42.5 Å². The number of benzene rings is 2. The fourth-order valence-electron chi connectivity index (χ4n) is 2.99. The highest BCUT2D eigenvalue weighted by Gasteiger charge is 2.28. The summed E-state index contributed by atoms with van der Waals surface area (Å²) in [6, 6.07) is 11.1. The molecule has 0 aliphatic rings. The van der Waals surface area contributed by atoms with E-state index in [0.29, 0.717) is 28.6 Å². The second kappa shape index (κ2) is 12.2. The van der Waals surface area contributed by atoms with Crippen LogP contribution in [0, 0.1) is 5.82 Å². The van der Waals surface area contributed by atoms with E-state index in [0.717, 1.165) is 5.56 Å². The highest BCUT2D eigenvalue weighted by atomic mass is 35.5. The summed E-state index contributed by atoms with van der Waals surface area (Å²) in [5.74, 6) is -0.405. The maximum Gasteiger partial charge on any atom is 0.242 e. The van der Waals surface area contributed by atoms with Gasteiger partial charge in [-0.05, 0) is 43.2 Å². The highest BCUT2D eigenvalue weighted by molar-refractivity contribution is 7.99. The molecule has 0 fully saturated rings. The van der Waals surface area contributed by atoms with Crippen molar-refractivity contribution in [2.45, 2.75) is 38.6 Å². The molecule has 8 heteroatoms. The fraction of sp³-hybridized carbons (Fsp3) is 0.364. The predicted molar refractivity (Wildman–Crippen MR) is 122 cm³/mol. The summed E-state index contributed by atoms with van der Waals surface area (Å²) in [5, 5.41) is 3.73. The third-order valence-corrected chi connectivity index (χ3v) is 6.09. The summed E-state index contributed by atoms with van der Waals surface area (Å²) in [4.78, 5) is 27.2. The van der Waals surface area contributed by atoms with Crippen LogP contribution < -0.4 is 5.32 Å². The molecular formula is C22H25Cl2FN2O2S. The maximum absolute atomic E-state index is 14.0. The molecule has 0 heterocycles. The van der Waals surface area contributed by atoms with Crippen molar-refractivity contribution in [2.75, 3.05) is 12.3 Å². The van der Waals surface area contributed by atoms with Gasteiger partial charge < -0.3 is 10.2 Å². The second-order valence-electron chi connectivity index (χ2n) is 6.66. The SMILES string of the molecule is CCNC(=O)C(CC)N(Cc1ccc(Cl)cc1)C(=O)CSCc1c(F)cccc1Cl. The van der Waals surface area contributed by atoms with E-state index in [9.17, 15) is 14.0 Å². The van der Waals surface area contributed by atoms with E-state index in [1.54, 1.807) is 29.2 Å². The van der Waals surface area contributed by atoms with Crippen LogP contribution in [0.25, 0.3) is 0 Å². The Balaban J connectivity index is 2.14. The zero-order chi connectivity index (χ0) is 22.1. The number of hydrogen-bond acceptors (Lipinski definition) is 3. The van der Waals surface area contributed by atoms with Gasteiger partial charge in [0.05, 0.1) is 5.75 Å². The molecule has 0 saturated heterocycles. The summed E-state index contributed by atoms with van der Waals surface area (Å²) in [6.07, 6.45) is 0.481. The summed E-state index contributed by atoms with van der Waals surface area (Å²) in [7, 11) is 0. The van der Waals surface area contributed by atoms with Crippen molar-refractivity contribution >= 4 is 46.8 Å². The lowest BCUT2D eigenvalue weighted by Gasteiger charge is -2.30. The molecule has 0 aliphatic heterocycles. The van der Waals surface area contributed by atoms with Crippen molar-refractivity contribution in [2.24, 2.45) is 0 Å². The van der Waals surface area contributed by atoms with Gasteiger partial charge in [0, 0.05) is 34.5 Å². The van der Waals surface area contributed by atoms with Crippen LogP contribution in [0.5, 0.6) is 0 Å². The Labute approximate surface area is 191 Å². The van der Waals surface area contributed by atoms with Gasteiger partial charge in [0.15, 0.2) is 0 Å². The van der Waals surface area contributed by atoms with Gasteiger partial charge in [-0.1, -0.05) is 48.3 Å². The molecule has 1 N–H and O–H groups in total. The van der Waals surface area contributed by atoms with Gasteiger partial charge >= 0.3 is 0 Å². The number of nitrogens with zero attached hydrogens (tertiary/aromatic N) is 1. The molecule has 4 nitrogen and oxygen atoms in total. The number of rotatable bonds is 10. The van der Waals surface area contributed by atoms with Crippen molar-refractivity contribution in [1.29, 1.82) is 0 Å². The Kier molecular flexibility index (Phi) is 9.95. The van der Waals surface area contributed by atoms with Crippen molar-refractivity contribution in [3.8, 4) is 0 Å². The zero-order valence-electron chi connectivity index (χ0n) is 17.0. The molecule has 2 aromatic rings. The second-order valence-corrected chi connectivity index (χ2v) is 8.49. The molecule has 2 aromatic carbocycles. The Morgan fingerprint density at radius 1 is 1.13 bits per heavy atom. The molecule has 0 spiro atoms. The topological polar surface area (TPSA) is 49.4 Å². The van der Waals surface area contributed by atoms with E-state index < -0.39 is 11.9 Å². The summed E-state index contributed by atoms with van der Waals surface area (Å²) in [6.45, 7) is 4.48. The van der Waals surface area contributed by atoms with Crippen LogP contribution in [-0.2, 0) is 21.9 Å². The molecule has 162 valence electrons. The molecule has 0 aromatic heterocycles. The van der Waals surface area contributed by atoms with E-state index in [1.807, 2.05) is 26.0 Å². The van der Waals surface area contributed by atoms with Gasteiger partial charge in [-0.2, -0.15) is 0 Å². The molecule has 0 radical (unpaired) electrons. The van der Waals surface area contributed by atoms with Crippen molar-refractivity contribution < 1.29 is 14.0 Å². The lowest BCUT2D eigenvalue weighted by Crippen LogP contribution is -2.49. The highest BCUT2D eigenvalue weighted by Crippen LogP contribution is 2.25. The third kappa shape index (κ3) is 6.89. The largest absolute Gasteiger partial charge is 0.355 e. The fourth-order valence-corrected chi connectivity index (χ4v) is 4.37. The molecule has 1 unspecified atom stereocenters. The van der Waals surface area contributed by atoms with Crippen molar-refractivity contribution in [3.05, 3.63) is 69.5 Å². The molecule has 2 rings (SSSR count). The van der Waals surface area contributed by atoms with E-state index >= 15 is 0 Å². The van der Waals surface area contributed by atoms with E-state index in [-0.39, 0.29) is 29.9 Å². The summed E-state index contributed by atoms with van der Waals surface area (Å²) in [5.41, 5.74) is 1.25. The molecule has 2 amide bonds. The zero-order valence-corrected chi connectivity index (χ0v) is 19.3. The Hall–Kier alpha value is -1.76. The predicted octanol–water partition coefficient (Wildman–Crippen LogP) is 5.31. The van der Waals surface area contributed by atoms with Crippen molar-refractivity contribution in [1.82, 2.24) is 10.2 Å². The molecule has 1 atom stereocenters. The number of halogens is 3. The minimum atomic E-state index is -0.592. The number of amides is 2. The Bertz CT molecular complexity index is 844.